The highest BCUT2D eigenvalue weighted by Gasteiger charge is 2.23. The summed E-state index contributed by atoms with van der Waals surface area (Å²) in [5.41, 5.74) is 5.43. The molecule has 1 aliphatic rings. The smallest absolute Gasteiger partial charge is 0.258 e. The first kappa shape index (κ1) is 21.1. The summed E-state index contributed by atoms with van der Waals surface area (Å²) in [6, 6.07) is 17.6. The van der Waals surface area contributed by atoms with E-state index >= 15 is 0 Å². The molecule has 35 heavy (non-hydrogen) atoms. The molecule has 1 amide bonds. The molecule has 1 saturated carbocycles. The summed E-state index contributed by atoms with van der Waals surface area (Å²) >= 11 is 0. The molecule has 3 heterocycles. The maximum absolute atomic E-state index is 13.2. The Morgan fingerprint density at radius 1 is 1.06 bits per heavy atom. The van der Waals surface area contributed by atoms with Crippen molar-refractivity contribution in [3.63, 3.8) is 0 Å². The van der Waals surface area contributed by atoms with Crippen LogP contribution in [0.15, 0.2) is 90.6 Å². The van der Waals surface area contributed by atoms with Crippen LogP contribution in [0.25, 0.3) is 44.1 Å². The van der Waals surface area contributed by atoms with Gasteiger partial charge in [-0.2, -0.15) is 0 Å². The van der Waals surface area contributed by atoms with Gasteiger partial charge in [0.1, 0.15) is 5.65 Å². The number of carbonyl (C=O) groups excluding carboxylic acids is 1. The highest BCUT2D eigenvalue weighted by molar-refractivity contribution is 6.04. The highest BCUT2D eigenvalue weighted by Crippen LogP contribution is 2.36. The zero-order valence-electron chi connectivity index (χ0n) is 19.1. The fourth-order valence-electron chi connectivity index (χ4n) is 4.63. The minimum absolute atomic E-state index is 0.0632. The van der Waals surface area contributed by atoms with Crippen LogP contribution in [0, 0.1) is 5.92 Å². The first-order valence-corrected chi connectivity index (χ1v) is 11.7. The van der Waals surface area contributed by atoms with Crippen LogP contribution >= 0.6 is 0 Å². The number of hydrogen-bond donors (Lipinski definition) is 2. The first-order valence-electron chi connectivity index (χ1n) is 11.7. The van der Waals surface area contributed by atoms with Gasteiger partial charge in [0.2, 0.25) is 5.91 Å². The number of rotatable bonds is 6. The molecule has 0 unspecified atom stereocenters. The Morgan fingerprint density at radius 3 is 2.69 bits per heavy atom. The minimum atomic E-state index is -0.253. The van der Waals surface area contributed by atoms with Crippen LogP contribution in [-0.4, -0.2) is 20.4 Å². The van der Waals surface area contributed by atoms with Crippen molar-refractivity contribution >= 4 is 33.4 Å². The molecule has 5 aromatic rings. The molecule has 6 rings (SSSR count). The third kappa shape index (κ3) is 3.93. The van der Waals surface area contributed by atoms with Crippen LogP contribution in [-0.2, 0) is 11.3 Å². The fourth-order valence-corrected chi connectivity index (χ4v) is 4.63. The van der Waals surface area contributed by atoms with Gasteiger partial charge >= 0.3 is 0 Å². The molecule has 2 aromatic carbocycles. The van der Waals surface area contributed by atoms with Crippen LogP contribution in [0.2, 0.25) is 0 Å². The summed E-state index contributed by atoms with van der Waals surface area (Å²) in [6.07, 6.45) is 9.41. The average Bonchev–Trinajstić information content (AvgIpc) is 3.61. The molecule has 0 aliphatic heterocycles. The molecule has 172 valence electrons. The van der Waals surface area contributed by atoms with E-state index in [4.69, 9.17) is 0 Å². The van der Waals surface area contributed by atoms with Crippen LogP contribution in [0.4, 0.5) is 5.69 Å². The molecule has 3 aromatic heterocycles. The van der Waals surface area contributed by atoms with Gasteiger partial charge in [0.05, 0.1) is 0 Å². The Balaban J connectivity index is 1.50. The molecule has 2 N–H and O–H groups in total. The van der Waals surface area contributed by atoms with Crippen molar-refractivity contribution in [3.05, 3.63) is 96.2 Å². The fraction of sp³-hybridized carbons (Fsp3) is 0.138. The highest BCUT2D eigenvalue weighted by atomic mass is 16.1. The number of aromatic amines is 1. The normalized spacial score (nSPS) is 13.3. The van der Waals surface area contributed by atoms with E-state index in [0.717, 1.165) is 50.6 Å². The topological polar surface area (TPSA) is 79.8 Å². The summed E-state index contributed by atoms with van der Waals surface area (Å²) in [5.74, 6) is 0.337. The van der Waals surface area contributed by atoms with Gasteiger partial charge in [0, 0.05) is 58.3 Å². The average molecular weight is 461 g/mol. The van der Waals surface area contributed by atoms with Crippen molar-refractivity contribution in [2.24, 2.45) is 5.92 Å². The number of nitrogens with one attached hydrogen (secondary N) is 2. The number of aromatic nitrogens is 3. The van der Waals surface area contributed by atoms with Crippen LogP contribution in [0.5, 0.6) is 0 Å². The van der Waals surface area contributed by atoms with Crippen LogP contribution < -0.4 is 10.9 Å². The number of amides is 1. The van der Waals surface area contributed by atoms with Gasteiger partial charge in [-0.15, -0.1) is 0 Å². The molecule has 1 aliphatic carbocycles. The Bertz CT molecular complexity index is 1670. The SMILES string of the molecule is C=CC(=O)Nc1cccc(-c2cnc3[nH]cc(-c4cn(CC5CC5)c(=O)c5ccccc45)c3c2)c1. The molecule has 6 heteroatoms. The molecule has 0 radical (unpaired) electrons. The Morgan fingerprint density at radius 2 is 1.89 bits per heavy atom. The molecular weight excluding hydrogens is 436 g/mol. The summed E-state index contributed by atoms with van der Waals surface area (Å²) in [5, 5.41) is 5.45. The van der Waals surface area contributed by atoms with Crippen molar-refractivity contribution in [1.29, 1.82) is 0 Å². The largest absolute Gasteiger partial charge is 0.346 e. The number of fused-ring (bicyclic) bond motifs is 2. The van der Waals surface area contributed by atoms with Gasteiger partial charge in [0.25, 0.3) is 5.56 Å². The second-order valence-corrected chi connectivity index (χ2v) is 9.09. The Labute approximate surface area is 201 Å². The molecule has 6 nitrogen and oxygen atoms in total. The number of hydrogen-bond acceptors (Lipinski definition) is 3. The first-order chi connectivity index (χ1) is 17.1. The van der Waals surface area contributed by atoms with E-state index in [1.54, 1.807) is 0 Å². The van der Waals surface area contributed by atoms with Crippen molar-refractivity contribution in [1.82, 2.24) is 14.5 Å². The molecule has 0 bridgehead atoms. The lowest BCUT2D eigenvalue weighted by Crippen LogP contribution is -2.21. The third-order valence-electron chi connectivity index (χ3n) is 6.62. The summed E-state index contributed by atoms with van der Waals surface area (Å²) in [4.78, 5) is 32.8. The van der Waals surface area contributed by atoms with E-state index in [2.05, 4.69) is 27.9 Å². The molecule has 0 atom stereocenters. The molecule has 1 fully saturated rings. The van der Waals surface area contributed by atoms with Crippen molar-refractivity contribution in [3.8, 4) is 22.3 Å². The lowest BCUT2D eigenvalue weighted by Gasteiger charge is -2.12. The number of anilines is 1. The second-order valence-electron chi connectivity index (χ2n) is 9.09. The van der Waals surface area contributed by atoms with Crippen molar-refractivity contribution in [2.75, 3.05) is 5.32 Å². The van der Waals surface area contributed by atoms with Gasteiger partial charge in [-0.1, -0.05) is 36.9 Å². The van der Waals surface area contributed by atoms with Crippen molar-refractivity contribution < 1.29 is 4.79 Å². The Hall–Kier alpha value is -4.45. The molecular formula is C29H24N4O2. The second kappa shape index (κ2) is 8.40. The molecule has 0 spiro atoms. The van der Waals surface area contributed by atoms with E-state index in [9.17, 15) is 9.59 Å². The van der Waals surface area contributed by atoms with E-state index in [0.29, 0.717) is 11.6 Å². The van der Waals surface area contributed by atoms with Gasteiger partial charge in [-0.25, -0.2) is 4.98 Å². The standard InChI is InChI=1S/C29H24N4O2/c1-2-27(34)32-21-7-5-6-19(12-21)20-13-24-25(15-31-28(24)30-14-20)26-17-33(16-18-10-11-18)29(35)23-9-4-3-8-22(23)26/h2-9,12-15,17-18H,1,10-11,16H2,(H,30,31)(H,32,34). The number of nitrogens with zero attached hydrogens (tertiary/aromatic N) is 2. The number of carbonyl (C=O) groups is 1. The van der Waals surface area contributed by atoms with Gasteiger partial charge < -0.3 is 14.9 Å². The summed E-state index contributed by atoms with van der Waals surface area (Å²) in [6.45, 7) is 4.27. The number of benzene rings is 2. The monoisotopic (exact) mass is 460 g/mol. The van der Waals surface area contributed by atoms with Crippen LogP contribution in [0.1, 0.15) is 12.8 Å². The quantitative estimate of drug-likeness (QED) is 0.317. The predicted molar refractivity (Wildman–Crippen MR) is 140 cm³/mol. The Kier molecular flexibility index (Phi) is 5.07. The third-order valence-corrected chi connectivity index (χ3v) is 6.62. The zero-order chi connectivity index (χ0) is 23.9. The van der Waals surface area contributed by atoms with Crippen LogP contribution in [0.3, 0.4) is 0 Å². The maximum Gasteiger partial charge on any atom is 0.258 e. The molecule has 0 saturated heterocycles. The predicted octanol–water partition coefficient (Wildman–Crippen LogP) is 5.75. The summed E-state index contributed by atoms with van der Waals surface area (Å²) in [7, 11) is 0. The number of H-pyrrole nitrogens is 1. The van der Waals surface area contributed by atoms with Gasteiger partial charge in [0.15, 0.2) is 0 Å². The van der Waals surface area contributed by atoms with Gasteiger partial charge in [-0.3, -0.25) is 9.59 Å². The van der Waals surface area contributed by atoms with E-state index < -0.39 is 0 Å². The summed E-state index contributed by atoms with van der Waals surface area (Å²) < 4.78 is 1.87. The van der Waals surface area contributed by atoms with Crippen molar-refractivity contribution in [2.45, 2.75) is 19.4 Å². The zero-order valence-corrected chi connectivity index (χ0v) is 19.1. The lowest BCUT2D eigenvalue weighted by atomic mass is 9.99. The number of pyridine rings is 2. The maximum atomic E-state index is 13.2. The minimum Gasteiger partial charge on any atom is -0.346 e. The van der Waals surface area contributed by atoms with E-state index in [1.807, 2.05) is 71.7 Å². The van der Waals surface area contributed by atoms with E-state index in [1.165, 1.54) is 18.9 Å². The van der Waals surface area contributed by atoms with E-state index in [-0.39, 0.29) is 11.5 Å². The lowest BCUT2D eigenvalue weighted by molar-refractivity contribution is -0.111. The van der Waals surface area contributed by atoms with Gasteiger partial charge in [-0.05, 0) is 60.1 Å².